The number of fused-ring (bicyclic) bond motifs is 1. The van der Waals surface area contributed by atoms with Crippen molar-refractivity contribution >= 4 is 16.6 Å². The lowest BCUT2D eigenvalue weighted by Crippen LogP contribution is -2.49. The summed E-state index contributed by atoms with van der Waals surface area (Å²) in [6, 6.07) is 12.9. The lowest BCUT2D eigenvalue weighted by atomic mass is 10.00. The van der Waals surface area contributed by atoms with Crippen LogP contribution in [0.4, 0.5) is 5.69 Å². The van der Waals surface area contributed by atoms with Gasteiger partial charge in [0.15, 0.2) is 5.82 Å². The number of H-pyrrole nitrogens is 1. The van der Waals surface area contributed by atoms with E-state index in [1.807, 2.05) is 4.68 Å². The molecule has 2 aromatic heterocycles. The molecule has 1 aliphatic heterocycles. The fourth-order valence-electron chi connectivity index (χ4n) is 6.27. The first-order valence-corrected chi connectivity index (χ1v) is 13.9. The minimum atomic E-state index is -0.305. The van der Waals surface area contributed by atoms with Crippen LogP contribution in [0.1, 0.15) is 71.4 Å². The van der Waals surface area contributed by atoms with Gasteiger partial charge in [-0.15, -0.1) is 5.10 Å². The Hall–Kier alpha value is -3.52. The summed E-state index contributed by atoms with van der Waals surface area (Å²) < 4.78 is 2.01. The Bertz CT molecular complexity index is 1520. The molecule has 0 spiro atoms. The molecule has 1 N–H and O–H groups in total. The summed E-state index contributed by atoms with van der Waals surface area (Å²) >= 11 is 0. The van der Waals surface area contributed by atoms with Gasteiger partial charge < -0.3 is 9.88 Å². The van der Waals surface area contributed by atoms with E-state index in [9.17, 15) is 4.79 Å². The van der Waals surface area contributed by atoms with Crippen molar-refractivity contribution in [1.82, 2.24) is 30.1 Å². The lowest BCUT2D eigenvalue weighted by Gasteiger charge is -2.40. The lowest BCUT2D eigenvalue weighted by molar-refractivity contribution is 0.196. The molecule has 198 valence electrons. The number of hydrogen-bond acceptors (Lipinski definition) is 6. The maximum atomic E-state index is 13.6. The van der Waals surface area contributed by atoms with E-state index in [2.05, 4.69) is 94.4 Å². The van der Waals surface area contributed by atoms with Crippen LogP contribution >= 0.6 is 0 Å². The molecule has 2 aliphatic rings. The average Bonchev–Trinajstić information content (AvgIpc) is 3.60. The number of benzene rings is 2. The van der Waals surface area contributed by atoms with Gasteiger partial charge in [-0.25, -0.2) is 4.68 Å². The zero-order chi connectivity index (χ0) is 26.4. The van der Waals surface area contributed by atoms with E-state index in [1.165, 1.54) is 40.8 Å². The number of anilines is 1. The number of nitrogens with one attached hydrogen (secondary N) is 1. The van der Waals surface area contributed by atoms with Crippen LogP contribution in [0, 0.1) is 27.7 Å². The second-order valence-corrected chi connectivity index (χ2v) is 11.2. The summed E-state index contributed by atoms with van der Waals surface area (Å²) in [6.07, 6.45) is 4.55. The third-order valence-corrected chi connectivity index (χ3v) is 8.60. The molecule has 0 bridgehead atoms. The first-order chi connectivity index (χ1) is 18.4. The zero-order valence-electron chi connectivity index (χ0n) is 22.9. The van der Waals surface area contributed by atoms with Crippen LogP contribution in [0.5, 0.6) is 0 Å². The molecule has 38 heavy (non-hydrogen) atoms. The Morgan fingerprint density at radius 1 is 0.895 bits per heavy atom. The second-order valence-electron chi connectivity index (χ2n) is 11.2. The second kappa shape index (κ2) is 9.98. The molecule has 2 aromatic carbocycles. The number of aromatic amines is 1. The van der Waals surface area contributed by atoms with Crippen LogP contribution < -0.4 is 10.5 Å². The number of pyridine rings is 1. The van der Waals surface area contributed by atoms with Gasteiger partial charge in [-0.3, -0.25) is 9.69 Å². The summed E-state index contributed by atoms with van der Waals surface area (Å²) in [4.78, 5) is 21.7. The number of hydrogen-bond donors (Lipinski definition) is 1. The number of piperazine rings is 1. The highest BCUT2D eigenvalue weighted by Crippen LogP contribution is 2.35. The molecule has 1 saturated heterocycles. The highest BCUT2D eigenvalue weighted by molar-refractivity contribution is 5.81. The van der Waals surface area contributed by atoms with Crippen molar-refractivity contribution in [3.05, 3.63) is 80.4 Å². The van der Waals surface area contributed by atoms with Crippen LogP contribution in [-0.4, -0.2) is 56.3 Å². The monoisotopic (exact) mass is 511 g/mol. The molecule has 4 aromatic rings. The van der Waals surface area contributed by atoms with Gasteiger partial charge in [-0.2, -0.15) is 0 Å². The van der Waals surface area contributed by atoms with Crippen LogP contribution in [0.3, 0.4) is 0 Å². The van der Waals surface area contributed by atoms with E-state index in [-0.39, 0.29) is 11.6 Å². The molecule has 2 fully saturated rings. The summed E-state index contributed by atoms with van der Waals surface area (Å²) in [7, 11) is 0. The summed E-state index contributed by atoms with van der Waals surface area (Å²) in [5.41, 5.74) is 7.77. The molecule has 3 heterocycles. The summed E-state index contributed by atoms with van der Waals surface area (Å²) in [5, 5.41) is 14.2. The van der Waals surface area contributed by atoms with E-state index in [1.54, 1.807) is 0 Å². The van der Waals surface area contributed by atoms with Gasteiger partial charge in [0, 0.05) is 42.9 Å². The maximum absolute atomic E-state index is 13.6. The smallest absolute Gasteiger partial charge is 0.253 e. The van der Waals surface area contributed by atoms with Gasteiger partial charge in [0.05, 0.1) is 6.04 Å². The van der Waals surface area contributed by atoms with E-state index >= 15 is 0 Å². The standard InChI is InChI=1S/C30H37N7O/c1-19-9-10-20(2)27(15-19)35-11-13-36(14-12-35)28(29-32-33-34-37(29)24-7-5-6-8-24)25-18-23-16-21(3)22(4)17-26(23)31-30(25)38/h9-10,15-18,24,28H,5-8,11-14H2,1-4H3,(H,31,38)/t28-/m1/s1. The van der Waals surface area contributed by atoms with Crippen LogP contribution in [-0.2, 0) is 0 Å². The first-order valence-electron chi connectivity index (χ1n) is 13.9. The number of tetrazole rings is 1. The molecule has 6 rings (SSSR count). The van der Waals surface area contributed by atoms with E-state index in [4.69, 9.17) is 0 Å². The Morgan fingerprint density at radius 2 is 1.63 bits per heavy atom. The van der Waals surface area contributed by atoms with E-state index in [0.717, 1.165) is 61.3 Å². The van der Waals surface area contributed by atoms with Crippen molar-refractivity contribution in [3.63, 3.8) is 0 Å². The highest BCUT2D eigenvalue weighted by atomic mass is 16.1. The van der Waals surface area contributed by atoms with Gasteiger partial charge >= 0.3 is 0 Å². The topological polar surface area (TPSA) is 82.9 Å². The molecule has 1 atom stereocenters. The zero-order valence-corrected chi connectivity index (χ0v) is 22.9. The van der Waals surface area contributed by atoms with Crippen molar-refractivity contribution in [3.8, 4) is 0 Å². The fourth-order valence-corrected chi connectivity index (χ4v) is 6.27. The molecule has 0 unspecified atom stereocenters. The Morgan fingerprint density at radius 3 is 2.39 bits per heavy atom. The Balaban J connectivity index is 1.40. The van der Waals surface area contributed by atoms with E-state index < -0.39 is 0 Å². The van der Waals surface area contributed by atoms with Crippen LogP contribution in [0.25, 0.3) is 10.9 Å². The van der Waals surface area contributed by atoms with Gasteiger partial charge in [0.1, 0.15) is 6.04 Å². The number of aromatic nitrogens is 5. The number of aryl methyl sites for hydroxylation is 4. The normalized spacial score (nSPS) is 17.9. The molecule has 0 radical (unpaired) electrons. The molecule has 8 heteroatoms. The molecular formula is C30H37N7O. The third-order valence-electron chi connectivity index (χ3n) is 8.60. The molecule has 0 amide bonds. The molecule has 1 saturated carbocycles. The predicted molar refractivity (Wildman–Crippen MR) is 151 cm³/mol. The number of nitrogens with zero attached hydrogens (tertiary/aromatic N) is 6. The van der Waals surface area contributed by atoms with Crippen molar-refractivity contribution in [1.29, 1.82) is 0 Å². The van der Waals surface area contributed by atoms with E-state index in [0.29, 0.717) is 6.04 Å². The quantitative estimate of drug-likeness (QED) is 0.415. The first kappa shape index (κ1) is 24.8. The fraction of sp³-hybridized carbons (Fsp3) is 0.467. The van der Waals surface area contributed by atoms with Crippen molar-refractivity contribution in [2.24, 2.45) is 0 Å². The molecule has 8 nitrogen and oxygen atoms in total. The Labute approximate surface area is 223 Å². The average molecular weight is 512 g/mol. The van der Waals surface area contributed by atoms with Gasteiger partial charge in [-0.1, -0.05) is 25.0 Å². The summed E-state index contributed by atoms with van der Waals surface area (Å²) in [5.74, 6) is 0.783. The highest BCUT2D eigenvalue weighted by Gasteiger charge is 2.35. The third kappa shape index (κ3) is 4.51. The van der Waals surface area contributed by atoms with Gasteiger partial charge in [-0.05, 0) is 103 Å². The van der Waals surface area contributed by atoms with Crippen molar-refractivity contribution in [2.45, 2.75) is 65.5 Å². The predicted octanol–water partition coefficient (Wildman–Crippen LogP) is 4.77. The Kier molecular flexibility index (Phi) is 6.51. The van der Waals surface area contributed by atoms with Gasteiger partial charge in [0.25, 0.3) is 5.56 Å². The van der Waals surface area contributed by atoms with Crippen molar-refractivity contribution in [2.75, 3.05) is 31.1 Å². The van der Waals surface area contributed by atoms with Crippen molar-refractivity contribution < 1.29 is 0 Å². The SMILES string of the molecule is Cc1ccc(C)c(N2CCN([C@H](c3cc4cc(C)c(C)cc4[nH]c3=O)c3nnnn3C3CCCC3)CC2)c1. The van der Waals surface area contributed by atoms with Gasteiger partial charge in [0.2, 0.25) is 0 Å². The molecule has 1 aliphatic carbocycles. The largest absolute Gasteiger partial charge is 0.369 e. The summed E-state index contributed by atoms with van der Waals surface area (Å²) in [6.45, 7) is 11.9. The number of rotatable bonds is 5. The van der Waals surface area contributed by atoms with Crippen LogP contribution in [0.2, 0.25) is 0 Å². The maximum Gasteiger partial charge on any atom is 0.253 e. The minimum absolute atomic E-state index is 0.0660. The van der Waals surface area contributed by atoms with Crippen LogP contribution in [0.15, 0.2) is 41.2 Å². The minimum Gasteiger partial charge on any atom is -0.369 e. The molecular weight excluding hydrogens is 474 g/mol.